The van der Waals surface area contributed by atoms with Crippen LogP contribution in [0.2, 0.25) is 0 Å². The van der Waals surface area contributed by atoms with Crippen molar-refractivity contribution in [3.05, 3.63) is 41.0 Å². The molecule has 4 atom stereocenters. The van der Waals surface area contributed by atoms with Crippen LogP contribution < -0.4 is 0 Å². The molecule has 1 heteroatoms. The summed E-state index contributed by atoms with van der Waals surface area (Å²) in [7, 11) is 0. The second-order valence-electron chi connectivity index (χ2n) is 7.25. The van der Waals surface area contributed by atoms with Crippen molar-refractivity contribution < 1.29 is 5.11 Å². The lowest BCUT2D eigenvalue weighted by Gasteiger charge is -2.49. The summed E-state index contributed by atoms with van der Waals surface area (Å²) in [5.74, 6) is 5.49. The first-order chi connectivity index (χ1) is 10.1. The van der Waals surface area contributed by atoms with Crippen LogP contribution in [0.25, 0.3) is 0 Å². The maximum atomic E-state index is 9.71. The molecule has 0 aliphatic heterocycles. The van der Waals surface area contributed by atoms with Crippen molar-refractivity contribution in [2.24, 2.45) is 17.3 Å². The van der Waals surface area contributed by atoms with Crippen molar-refractivity contribution in [2.75, 3.05) is 0 Å². The predicted molar refractivity (Wildman–Crippen MR) is 85.0 cm³/mol. The number of phenolic OH excluding ortho intramolecular Hbond substituents is 1. The number of fused-ring (bicyclic) bond motifs is 5. The maximum Gasteiger partial charge on any atom is 0.115 e. The van der Waals surface area contributed by atoms with Crippen LogP contribution in [0.5, 0.6) is 5.75 Å². The van der Waals surface area contributed by atoms with Gasteiger partial charge in [0, 0.05) is 11.0 Å². The molecule has 0 radical (unpaired) electrons. The maximum absolute atomic E-state index is 9.71. The molecule has 0 amide bonds. The Morgan fingerprint density at radius 3 is 3.00 bits per heavy atom. The highest BCUT2D eigenvalue weighted by atomic mass is 16.3. The summed E-state index contributed by atoms with van der Waals surface area (Å²) in [6.45, 7) is 2.39. The van der Waals surface area contributed by atoms with Crippen LogP contribution in [0.3, 0.4) is 0 Å². The quantitative estimate of drug-likeness (QED) is 0.697. The second kappa shape index (κ2) is 4.41. The van der Waals surface area contributed by atoms with E-state index in [9.17, 15) is 5.11 Å². The lowest BCUT2D eigenvalue weighted by Crippen LogP contribution is -2.41. The molecule has 1 N–H and O–H groups in total. The van der Waals surface area contributed by atoms with Crippen LogP contribution in [0.15, 0.2) is 29.8 Å². The van der Waals surface area contributed by atoms with Gasteiger partial charge in [-0.25, -0.2) is 0 Å². The number of benzene rings is 1. The first kappa shape index (κ1) is 13.0. The third-order valence-electron chi connectivity index (χ3n) is 6.45. The highest BCUT2D eigenvalue weighted by molar-refractivity contribution is 5.43. The van der Waals surface area contributed by atoms with E-state index < -0.39 is 0 Å². The number of terminal acetylenes is 1. The molecule has 21 heavy (non-hydrogen) atoms. The van der Waals surface area contributed by atoms with Crippen LogP contribution in [0.4, 0.5) is 0 Å². The monoisotopic (exact) mass is 278 g/mol. The van der Waals surface area contributed by atoms with Crippen molar-refractivity contribution >= 4 is 0 Å². The van der Waals surface area contributed by atoms with Crippen LogP contribution in [0, 0.1) is 29.6 Å². The first-order valence-electron chi connectivity index (χ1n) is 8.12. The van der Waals surface area contributed by atoms with Gasteiger partial charge in [0.25, 0.3) is 0 Å². The number of hydrogen-bond donors (Lipinski definition) is 1. The molecule has 108 valence electrons. The van der Waals surface area contributed by atoms with E-state index in [1.165, 1.54) is 36.0 Å². The van der Waals surface area contributed by atoms with Gasteiger partial charge < -0.3 is 5.11 Å². The highest BCUT2D eigenvalue weighted by Crippen LogP contribution is 2.60. The molecule has 0 bridgehead atoms. The Balaban J connectivity index is 1.71. The van der Waals surface area contributed by atoms with Gasteiger partial charge in [-0.3, -0.25) is 0 Å². The Hall–Kier alpha value is -1.68. The molecule has 1 aromatic carbocycles. The van der Waals surface area contributed by atoms with E-state index in [2.05, 4.69) is 25.0 Å². The molecule has 0 saturated heterocycles. The lowest BCUT2D eigenvalue weighted by atomic mass is 9.54. The Bertz CT molecular complexity index is 663. The van der Waals surface area contributed by atoms with Gasteiger partial charge in [0.05, 0.1) is 0 Å². The number of hydrogen-bond acceptors (Lipinski definition) is 1. The van der Waals surface area contributed by atoms with E-state index >= 15 is 0 Å². The Labute approximate surface area is 127 Å². The van der Waals surface area contributed by atoms with Gasteiger partial charge >= 0.3 is 0 Å². The zero-order chi connectivity index (χ0) is 14.6. The fourth-order valence-corrected chi connectivity index (χ4v) is 5.36. The lowest BCUT2D eigenvalue weighted by molar-refractivity contribution is 0.0781. The number of allylic oxidation sites excluding steroid dienone is 2. The zero-order valence-electron chi connectivity index (χ0n) is 12.6. The average molecular weight is 278 g/mol. The Morgan fingerprint density at radius 1 is 1.33 bits per heavy atom. The topological polar surface area (TPSA) is 20.2 Å². The van der Waals surface area contributed by atoms with Gasteiger partial charge in [-0.05, 0) is 73.1 Å². The summed E-state index contributed by atoms with van der Waals surface area (Å²) >= 11 is 0. The molecule has 0 aromatic heterocycles. The highest BCUT2D eigenvalue weighted by Gasteiger charge is 2.51. The summed E-state index contributed by atoms with van der Waals surface area (Å²) < 4.78 is 0. The second-order valence-corrected chi connectivity index (χ2v) is 7.25. The van der Waals surface area contributed by atoms with Crippen molar-refractivity contribution in [1.82, 2.24) is 0 Å². The van der Waals surface area contributed by atoms with Gasteiger partial charge in [-0.15, -0.1) is 6.42 Å². The molecule has 3 aliphatic carbocycles. The van der Waals surface area contributed by atoms with Gasteiger partial charge in [0.1, 0.15) is 5.75 Å². The van der Waals surface area contributed by atoms with E-state index in [0.29, 0.717) is 17.6 Å². The van der Waals surface area contributed by atoms with Crippen LogP contribution >= 0.6 is 0 Å². The summed E-state index contributed by atoms with van der Waals surface area (Å²) in [4.78, 5) is 0. The molecule has 1 fully saturated rings. The fourth-order valence-electron chi connectivity index (χ4n) is 5.36. The van der Waals surface area contributed by atoms with E-state index in [1.54, 1.807) is 0 Å². The standard InChI is InChI=1S/C20H22O/c1-3-14-5-9-19-18-7-4-13-12-15(21)6-8-16(13)17(18)10-11-20(14,19)2/h1,5-6,8,12,17-19,21H,4,7,9-11H2,2H3/t17-,18-,19+,20-/m1/s1. The number of rotatable bonds is 0. The van der Waals surface area contributed by atoms with Crippen LogP contribution in [-0.4, -0.2) is 5.11 Å². The summed E-state index contributed by atoms with van der Waals surface area (Å²) in [6.07, 6.45) is 14.0. The molecule has 1 nitrogen and oxygen atoms in total. The minimum Gasteiger partial charge on any atom is -0.508 e. The van der Waals surface area contributed by atoms with E-state index in [0.717, 1.165) is 18.8 Å². The minimum atomic E-state index is 0.240. The molecule has 4 rings (SSSR count). The van der Waals surface area contributed by atoms with Crippen LogP contribution in [0.1, 0.15) is 49.7 Å². The number of aromatic hydroxyl groups is 1. The summed E-state index contributed by atoms with van der Waals surface area (Å²) in [6, 6.07) is 5.99. The summed E-state index contributed by atoms with van der Waals surface area (Å²) in [5, 5.41) is 9.71. The normalized spacial score (nSPS) is 37.0. The fraction of sp³-hybridized carbons (Fsp3) is 0.500. The molecule has 1 aromatic rings. The molecular formula is C20H22O. The van der Waals surface area contributed by atoms with E-state index in [-0.39, 0.29) is 5.41 Å². The van der Waals surface area contributed by atoms with Gasteiger partial charge in [0.2, 0.25) is 0 Å². The van der Waals surface area contributed by atoms with Crippen molar-refractivity contribution in [2.45, 2.75) is 44.9 Å². The number of aryl methyl sites for hydroxylation is 1. The van der Waals surface area contributed by atoms with Gasteiger partial charge in [-0.2, -0.15) is 0 Å². The summed E-state index contributed by atoms with van der Waals surface area (Å²) in [5.41, 5.74) is 4.34. The molecule has 0 heterocycles. The molecule has 0 unspecified atom stereocenters. The van der Waals surface area contributed by atoms with Crippen molar-refractivity contribution in [3.63, 3.8) is 0 Å². The van der Waals surface area contributed by atoms with Crippen molar-refractivity contribution in [3.8, 4) is 18.1 Å². The number of phenols is 1. The van der Waals surface area contributed by atoms with E-state index in [1.807, 2.05) is 12.1 Å². The van der Waals surface area contributed by atoms with Gasteiger partial charge in [0.15, 0.2) is 0 Å². The molecule has 0 spiro atoms. The van der Waals surface area contributed by atoms with Crippen LogP contribution in [-0.2, 0) is 6.42 Å². The first-order valence-corrected chi connectivity index (χ1v) is 8.12. The Morgan fingerprint density at radius 2 is 2.19 bits per heavy atom. The third-order valence-corrected chi connectivity index (χ3v) is 6.45. The molecule has 1 saturated carbocycles. The van der Waals surface area contributed by atoms with Gasteiger partial charge in [-0.1, -0.05) is 25.0 Å². The third kappa shape index (κ3) is 1.72. The smallest absolute Gasteiger partial charge is 0.115 e. The zero-order valence-corrected chi connectivity index (χ0v) is 12.6. The molecule has 3 aliphatic rings. The Kier molecular flexibility index (Phi) is 2.73. The van der Waals surface area contributed by atoms with Crippen molar-refractivity contribution in [1.29, 1.82) is 0 Å². The van der Waals surface area contributed by atoms with E-state index in [4.69, 9.17) is 6.42 Å². The molecular weight excluding hydrogens is 256 g/mol. The SMILES string of the molecule is C#CC1=CC[C@H]2[C@@H]3CCc4cc(O)ccc4[C@H]3CC[C@]12C. The predicted octanol–water partition coefficient (Wildman–Crippen LogP) is 4.42. The minimum absolute atomic E-state index is 0.240. The largest absolute Gasteiger partial charge is 0.508 e. The average Bonchev–Trinajstić information content (AvgIpc) is 2.83.